The Bertz CT molecular complexity index is 2840. The molecule has 5 rings (SSSR count). The quantitative estimate of drug-likeness (QED) is 0.0659. The van der Waals surface area contributed by atoms with E-state index in [-0.39, 0.29) is 115 Å². The number of halogens is 5. The molecule has 506 valence electrons. The maximum atomic E-state index is 15.5. The van der Waals surface area contributed by atoms with Gasteiger partial charge in [-0.25, -0.2) is 22.0 Å². The molecule has 0 aliphatic carbocycles. The topological polar surface area (TPSA) is 325 Å². The summed E-state index contributed by atoms with van der Waals surface area (Å²) in [6.45, 7) is 13.7. The van der Waals surface area contributed by atoms with Crippen LogP contribution in [0.5, 0.6) is 0 Å². The van der Waals surface area contributed by atoms with Gasteiger partial charge in [-0.2, -0.15) is 0 Å². The van der Waals surface area contributed by atoms with Gasteiger partial charge in [0.25, 0.3) is 0 Å². The number of amides is 10. The number of benzene rings is 2. The van der Waals surface area contributed by atoms with E-state index in [0.29, 0.717) is 18.4 Å². The zero-order valence-electron chi connectivity index (χ0n) is 53.6. The van der Waals surface area contributed by atoms with E-state index in [9.17, 15) is 61.1 Å². The minimum atomic E-state index is -2.46. The van der Waals surface area contributed by atoms with Crippen LogP contribution in [0.3, 0.4) is 0 Å². The fourth-order valence-corrected chi connectivity index (χ4v) is 12.0. The molecule has 0 radical (unpaired) electrons. The minimum absolute atomic E-state index is 0.0104. The van der Waals surface area contributed by atoms with E-state index in [0.717, 1.165) is 4.90 Å². The van der Waals surface area contributed by atoms with Crippen molar-refractivity contribution in [2.45, 2.75) is 194 Å². The van der Waals surface area contributed by atoms with Gasteiger partial charge in [0.1, 0.15) is 36.3 Å². The van der Waals surface area contributed by atoms with E-state index in [1.165, 1.54) is 4.90 Å². The molecule has 12 N–H and O–H groups in total. The molecule has 91 heavy (non-hydrogen) atoms. The average molecular weight is 1290 g/mol. The van der Waals surface area contributed by atoms with Gasteiger partial charge in [0.05, 0.1) is 11.8 Å². The predicted molar refractivity (Wildman–Crippen MR) is 329 cm³/mol. The molecule has 3 heterocycles. The highest BCUT2D eigenvalue weighted by Crippen LogP contribution is 2.28. The van der Waals surface area contributed by atoms with Crippen molar-refractivity contribution in [3.05, 3.63) is 70.5 Å². The Morgan fingerprint density at radius 3 is 1.23 bits per heavy atom. The third-order valence-electron chi connectivity index (χ3n) is 16.9. The summed E-state index contributed by atoms with van der Waals surface area (Å²) in [5, 5.41) is 22.1. The molecule has 2 aromatic rings. The maximum absolute atomic E-state index is 15.5. The van der Waals surface area contributed by atoms with Crippen LogP contribution >= 0.6 is 0 Å². The number of fused-ring (bicyclic) bond motifs is 2. The smallest absolute Gasteiger partial charge is 0.246 e. The predicted octanol–water partition coefficient (Wildman–Crippen LogP) is 3.20. The fourth-order valence-electron chi connectivity index (χ4n) is 12.0. The first-order valence-corrected chi connectivity index (χ1v) is 32.0. The summed E-state index contributed by atoms with van der Waals surface area (Å²) in [5.41, 5.74) is 11.0. The first kappa shape index (κ1) is 74.4. The molecule has 27 heteroatoms. The number of hydrogen-bond acceptors (Lipinski definition) is 12. The van der Waals surface area contributed by atoms with Gasteiger partial charge in [-0.1, -0.05) is 85.7 Å². The lowest BCUT2D eigenvalue weighted by Crippen LogP contribution is -2.57. The van der Waals surface area contributed by atoms with Gasteiger partial charge in [0, 0.05) is 69.5 Å². The second kappa shape index (κ2) is 35.5. The van der Waals surface area contributed by atoms with Crippen LogP contribution in [0.4, 0.5) is 22.0 Å². The monoisotopic (exact) mass is 1290 g/mol. The first-order valence-electron chi connectivity index (χ1n) is 32.0. The fraction of sp³-hybridized carbons (Fsp3) is 0.656. The van der Waals surface area contributed by atoms with Crippen molar-refractivity contribution in [2.24, 2.45) is 47.0 Å². The molecule has 10 amide bonds. The zero-order valence-corrected chi connectivity index (χ0v) is 53.6. The van der Waals surface area contributed by atoms with Crippen molar-refractivity contribution in [3.63, 3.8) is 0 Å². The van der Waals surface area contributed by atoms with Crippen LogP contribution in [0, 0.1) is 64.6 Å². The molecule has 3 aliphatic rings. The first-order chi connectivity index (χ1) is 43.1. The summed E-state index contributed by atoms with van der Waals surface area (Å²) in [7, 11) is 0. The van der Waals surface area contributed by atoms with Crippen molar-refractivity contribution in [1.82, 2.24) is 52.3 Å². The highest BCUT2D eigenvalue weighted by Gasteiger charge is 2.43. The van der Waals surface area contributed by atoms with E-state index >= 15 is 8.78 Å². The number of carbonyl (C=O) groups excluding carboxylic acids is 10. The molecule has 2 aromatic carbocycles. The van der Waals surface area contributed by atoms with Gasteiger partial charge in [0.2, 0.25) is 64.9 Å². The molecule has 3 saturated heterocycles. The Kier molecular flexibility index (Phi) is 29.0. The van der Waals surface area contributed by atoms with Crippen LogP contribution < -0.4 is 54.0 Å². The maximum Gasteiger partial charge on any atom is 0.246 e. The van der Waals surface area contributed by atoms with Gasteiger partial charge in [-0.15, -0.1) is 0 Å². The third kappa shape index (κ3) is 21.4. The molecule has 0 bridgehead atoms. The van der Waals surface area contributed by atoms with Gasteiger partial charge in [0.15, 0.2) is 23.3 Å². The van der Waals surface area contributed by atoms with Crippen LogP contribution in [0.15, 0.2) is 30.3 Å². The SMILES string of the molecule is CC(C)C[C@H]1CC(=O)N[C@H](CCCN)C(=O)NC[C@@H](C(C)C)C(=O)N[C@H](Cc2c(F)c(F)c(F)c(F)c2F)C(=O)N2CCC[C@H]2C(=O)N[C@@H](CC(C)C)CC(=O)N[C@H](CCCN)C(=O)NC[C@@H](C(C)C)C(=O)N[C@H](Cc2ccccc2)C(=O)N2CCC[C@H]2C(=O)N1. The minimum Gasteiger partial charge on any atom is -0.354 e. The lowest BCUT2D eigenvalue weighted by molar-refractivity contribution is -0.142. The molecule has 3 aliphatic heterocycles. The molecule has 22 nitrogen and oxygen atoms in total. The van der Waals surface area contributed by atoms with Gasteiger partial charge in [-0.3, -0.25) is 47.9 Å². The van der Waals surface area contributed by atoms with Crippen LogP contribution in [-0.2, 0) is 60.8 Å². The molecular weight excluding hydrogens is 1190 g/mol. The van der Waals surface area contributed by atoms with E-state index in [2.05, 4.69) is 42.5 Å². The van der Waals surface area contributed by atoms with Crippen molar-refractivity contribution in [1.29, 1.82) is 0 Å². The highest BCUT2D eigenvalue weighted by atomic mass is 19.2. The number of nitrogens with zero attached hydrogens (tertiary/aromatic N) is 2. The lowest BCUT2D eigenvalue weighted by atomic mass is 9.93. The highest BCUT2D eigenvalue weighted by molar-refractivity contribution is 5.96. The van der Waals surface area contributed by atoms with E-state index in [1.54, 1.807) is 58.0 Å². The number of rotatable bonds is 16. The second-order valence-electron chi connectivity index (χ2n) is 25.8. The van der Waals surface area contributed by atoms with Crippen molar-refractivity contribution < 1.29 is 69.9 Å². The Morgan fingerprint density at radius 2 is 0.857 bits per heavy atom. The molecule has 3 fully saturated rings. The summed E-state index contributed by atoms with van der Waals surface area (Å²) in [5.74, 6) is -22.3. The van der Waals surface area contributed by atoms with Crippen LogP contribution in [0.25, 0.3) is 0 Å². The Balaban J connectivity index is 1.55. The third-order valence-corrected chi connectivity index (χ3v) is 16.9. The molecule has 0 aromatic heterocycles. The van der Waals surface area contributed by atoms with Crippen LogP contribution in [0.1, 0.15) is 144 Å². The Labute approximate surface area is 529 Å². The molecule has 0 spiro atoms. The van der Waals surface area contributed by atoms with Gasteiger partial charge >= 0.3 is 0 Å². The summed E-state index contributed by atoms with van der Waals surface area (Å²) < 4.78 is 74.9. The summed E-state index contributed by atoms with van der Waals surface area (Å²) >= 11 is 0. The normalized spacial score (nSPS) is 25.7. The lowest BCUT2D eigenvalue weighted by Gasteiger charge is -2.32. The number of carbonyl (C=O) groups is 10. The summed E-state index contributed by atoms with van der Waals surface area (Å²) in [6, 6.07) is -0.753. The second-order valence-corrected chi connectivity index (χ2v) is 25.8. The van der Waals surface area contributed by atoms with Crippen LogP contribution in [0.2, 0.25) is 0 Å². The summed E-state index contributed by atoms with van der Waals surface area (Å²) in [6.07, 6.45) is 0.0774. The molecule has 0 saturated carbocycles. The molecular formula is C64H95F5N12O10. The summed E-state index contributed by atoms with van der Waals surface area (Å²) in [4.78, 5) is 146. The Hall–Kier alpha value is -7.29. The van der Waals surface area contributed by atoms with E-state index in [4.69, 9.17) is 11.5 Å². The van der Waals surface area contributed by atoms with Crippen LogP contribution in [-0.4, -0.2) is 156 Å². The van der Waals surface area contributed by atoms with Crippen molar-refractivity contribution in [3.8, 4) is 0 Å². The van der Waals surface area contributed by atoms with Gasteiger partial charge in [-0.05, 0) is 107 Å². The average Bonchev–Trinajstić information content (AvgIpc) is 1.84. The van der Waals surface area contributed by atoms with Crippen molar-refractivity contribution >= 4 is 59.1 Å². The number of nitrogens with two attached hydrogens (primary N) is 2. The standard InChI is InChI=1S/C64H95F5N12O10/c1-34(2)26-39-29-50(82)77-45(19-13-23-71)60(87)73-33-43(37(7)8)58(85)79-47(31-41-52(65)54(67)56(69)55(68)53(41)66)64(91)81-25-15-21-49(81)62(89)75-40(27-35(3)4)30-51(83)76-44(18-12-22-70)59(86)72-32-42(36(5)6)57(84)78-46(28-38-16-10-9-11-17-38)63(90)80-24-14-20-48(80)61(88)74-39/h9-11,16-17,34-37,39-40,42-49H,12-15,18-33,70-71H2,1-8H3,(H,72,86)(H,73,87)(H,74,88)(H,75,89)(H,76,83)(H,77,82)(H,78,84)(H,79,85)/t39-,40-,42-,43-,44+,45+,46+,47+,48-,49-/m0/s1. The number of nitrogens with one attached hydrogen (secondary N) is 8. The van der Waals surface area contributed by atoms with Gasteiger partial charge < -0.3 is 63.8 Å². The van der Waals surface area contributed by atoms with E-state index < -0.39 is 179 Å². The molecule has 10 atom stereocenters. The van der Waals surface area contributed by atoms with E-state index in [1.807, 2.05) is 27.7 Å². The Morgan fingerprint density at radius 1 is 0.473 bits per heavy atom. The zero-order chi connectivity index (χ0) is 67.4. The number of hydrogen-bond donors (Lipinski definition) is 10. The van der Waals surface area contributed by atoms with Crippen molar-refractivity contribution in [2.75, 3.05) is 39.3 Å². The largest absolute Gasteiger partial charge is 0.354 e. The molecule has 0 unspecified atom stereocenters.